The summed E-state index contributed by atoms with van der Waals surface area (Å²) < 4.78 is 0. The lowest BCUT2D eigenvalue weighted by Crippen LogP contribution is -2.39. The zero-order valence-corrected chi connectivity index (χ0v) is 10.9. The van der Waals surface area contributed by atoms with Crippen molar-refractivity contribution in [2.24, 2.45) is 0 Å². The van der Waals surface area contributed by atoms with Crippen LogP contribution in [0.5, 0.6) is 0 Å². The average Bonchev–Trinajstić information content (AvgIpc) is 2.64. The van der Waals surface area contributed by atoms with Crippen molar-refractivity contribution in [1.82, 2.24) is 10.6 Å². The zero-order valence-electron chi connectivity index (χ0n) is 10.9. The van der Waals surface area contributed by atoms with E-state index in [2.05, 4.69) is 16.7 Å². The average molecular weight is 258 g/mol. The molecule has 100 valence electrons. The largest absolute Gasteiger partial charge is 0.316 e. The Morgan fingerprint density at radius 3 is 2.74 bits per heavy atom. The highest BCUT2D eigenvalue weighted by molar-refractivity contribution is 6.01. The number of carbonyl (C=O) groups excluding carboxylic acids is 2. The molecule has 0 spiro atoms. The molecule has 1 fully saturated rings. The maximum atomic E-state index is 12.0. The van der Waals surface area contributed by atoms with Crippen LogP contribution < -0.4 is 10.6 Å². The lowest BCUT2D eigenvalue weighted by Gasteiger charge is -2.24. The first-order chi connectivity index (χ1) is 9.25. The first-order valence-electron chi connectivity index (χ1n) is 6.91. The molecule has 0 radical (unpaired) electrons. The Kier molecular flexibility index (Phi) is 3.34. The van der Waals surface area contributed by atoms with Crippen LogP contribution in [0, 0.1) is 0 Å². The molecule has 1 aromatic rings. The third-order valence-electron chi connectivity index (χ3n) is 4.05. The van der Waals surface area contributed by atoms with Crippen LogP contribution >= 0.6 is 0 Å². The third-order valence-corrected chi connectivity index (χ3v) is 4.05. The number of piperidine rings is 1. The predicted octanol–water partition coefficient (Wildman–Crippen LogP) is 0.895. The van der Waals surface area contributed by atoms with Gasteiger partial charge in [0, 0.05) is 6.42 Å². The first kappa shape index (κ1) is 12.4. The van der Waals surface area contributed by atoms with Crippen LogP contribution in [-0.4, -0.2) is 24.9 Å². The third kappa shape index (κ3) is 2.40. The van der Waals surface area contributed by atoms with Crippen molar-refractivity contribution in [3.8, 4) is 0 Å². The van der Waals surface area contributed by atoms with Gasteiger partial charge in [-0.15, -0.1) is 0 Å². The van der Waals surface area contributed by atoms with E-state index in [0.29, 0.717) is 12.8 Å². The Morgan fingerprint density at radius 1 is 1.05 bits per heavy atom. The fraction of sp³-hybridized carbons (Fsp3) is 0.467. The van der Waals surface area contributed by atoms with Gasteiger partial charge in [-0.1, -0.05) is 18.2 Å². The van der Waals surface area contributed by atoms with Crippen molar-refractivity contribution >= 4 is 11.8 Å². The van der Waals surface area contributed by atoms with Gasteiger partial charge in [0.1, 0.15) is 0 Å². The topological polar surface area (TPSA) is 58.2 Å². The normalized spacial score (nSPS) is 23.5. The Labute approximate surface area is 112 Å². The molecule has 0 bridgehead atoms. The molecule has 1 unspecified atom stereocenters. The van der Waals surface area contributed by atoms with Gasteiger partial charge in [0.25, 0.3) is 0 Å². The fourth-order valence-corrected chi connectivity index (χ4v) is 3.07. The second kappa shape index (κ2) is 5.13. The smallest absolute Gasteiger partial charge is 0.234 e. The molecule has 2 aliphatic heterocycles. The summed E-state index contributed by atoms with van der Waals surface area (Å²) in [6.07, 6.45) is 3.05. The molecule has 0 saturated carbocycles. The standard InChI is InChI=1S/C15H18N2O2/c18-14-5-4-13(15(19)17-14)12-3-1-2-10-6-8-16-9-7-11(10)12/h1-3,13,16H,4-9H2,(H,17,18,19). The summed E-state index contributed by atoms with van der Waals surface area (Å²) in [5, 5.41) is 5.84. The summed E-state index contributed by atoms with van der Waals surface area (Å²) in [4.78, 5) is 23.3. The van der Waals surface area contributed by atoms with Gasteiger partial charge in [0.15, 0.2) is 0 Å². The SMILES string of the molecule is O=C1CCC(c2cccc3c2CCNCC3)C(=O)N1. The number of nitrogens with one attached hydrogen (secondary N) is 2. The molecule has 1 saturated heterocycles. The van der Waals surface area contributed by atoms with E-state index < -0.39 is 0 Å². The number of hydrogen-bond donors (Lipinski definition) is 2. The molecule has 4 nitrogen and oxygen atoms in total. The van der Waals surface area contributed by atoms with Crippen molar-refractivity contribution in [2.75, 3.05) is 13.1 Å². The van der Waals surface area contributed by atoms with Gasteiger partial charge in [-0.25, -0.2) is 0 Å². The van der Waals surface area contributed by atoms with Crippen LogP contribution in [0.15, 0.2) is 18.2 Å². The predicted molar refractivity (Wildman–Crippen MR) is 71.8 cm³/mol. The van der Waals surface area contributed by atoms with Crippen molar-refractivity contribution in [3.05, 3.63) is 34.9 Å². The summed E-state index contributed by atoms with van der Waals surface area (Å²) in [5.74, 6) is -0.447. The van der Waals surface area contributed by atoms with Crippen molar-refractivity contribution in [2.45, 2.75) is 31.6 Å². The fourth-order valence-electron chi connectivity index (χ4n) is 3.07. The summed E-state index contributed by atoms with van der Waals surface area (Å²) in [6, 6.07) is 6.23. The van der Waals surface area contributed by atoms with Gasteiger partial charge in [-0.2, -0.15) is 0 Å². The van der Waals surface area contributed by atoms with Crippen molar-refractivity contribution in [3.63, 3.8) is 0 Å². The Balaban J connectivity index is 1.96. The Hall–Kier alpha value is -1.68. The number of imide groups is 1. The quantitative estimate of drug-likeness (QED) is 0.736. The van der Waals surface area contributed by atoms with Crippen LogP contribution in [0.2, 0.25) is 0 Å². The monoisotopic (exact) mass is 258 g/mol. The minimum Gasteiger partial charge on any atom is -0.316 e. The molecule has 2 aliphatic rings. The molecular weight excluding hydrogens is 240 g/mol. The van der Waals surface area contributed by atoms with E-state index in [1.807, 2.05) is 12.1 Å². The molecule has 1 atom stereocenters. The number of benzene rings is 1. The molecule has 3 rings (SSSR count). The Bertz CT molecular complexity index is 525. The number of rotatable bonds is 1. The van der Waals surface area contributed by atoms with E-state index in [-0.39, 0.29) is 17.7 Å². The summed E-state index contributed by atoms with van der Waals surface area (Å²) >= 11 is 0. The van der Waals surface area contributed by atoms with Gasteiger partial charge in [0.2, 0.25) is 11.8 Å². The molecular formula is C15H18N2O2. The molecule has 2 N–H and O–H groups in total. The maximum absolute atomic E-state index is 12.0. The highest BCUT2D eigenvalue weighted by atomic mass is 16.2. The van der Waals surface area contributed by atoms with Crippen LogP contribution in [0.1, 0.15) is 35.4 Å². The maximum Gasteiger partial charge on any atom is 0.234 e. The second-order valence-electron chi connectivity index (χ2n) is 5.24. The van der Waals surface area contributed by atoms with Gasteiger partial charge < -0.3 is 5.32 Å². The molecule has 19 heavy (non-hydrogen) atoms. The highest BCUT2D eigenvalue weighted by Gasteiger charge is 2.30. The van der Waals surface area contributed by atoms with E-state index in [1.54, 1.807) is 0 Å². The van der Waals surface area contributed by atoms with E-state index >= 15 is 0 Å². The van der Waals surface area contributed by atoms with Crippen LogP contribution in [0.3, 0.4) is 0 Å². The second-order valence-corrected chi connectivity index (χ2v) is 5.24. The summed E-state index contributed by atoms with van der Waals surface area (Å²) in [6.45, 7) is 1.95. The minimum absolute atomic E-state index is 0.137. The molecule has 0 aliphatic carbocycles. The number of amides is 2. The minimum atomic E-state index is -0.161. The summed E-state index contributed by atoms with van der Waals surface area (Å²) in [7, 11) is 0. The van der Waals surface area contributed by atoms with Gasteiger partial charge in [0.05, 0.1) is 5.92 Å². The Morgan fingerprint density at radius 2 is 1.89 bits per heavy atom. The van der Waals surface area contributed by atoms with Crippen LogP contribution in [0.25, 0.3) is 0 Å². The highest BCUT2D eigenvalue weighted by Crippen LogP contribution is 2.30. The van der Waals surface area contributed by atoms with Crippen molar-refractivity contribution in [1.29, 1.82) is 0 Å². The molecule has 0 aromatic heterocycles. The summed E-state index contributed by atoms with van der Waals surface area (Å²) in [5.41, 5.74) is 3.76. The van der Waals surface area contributed by atoms with E-state index in [1.165, 1.54) is 11.1 Å². The molecule has 2 amide bonds. The van der Waals surface area contributed by atoms with Gasteiger partial charge in [-0.05, 0) is 49.0 Å². The number of fused-ring (bicyclic) bond motifs is 1. The molecule has 1 aromatic carbocycles. The first-order valence-corrected chi connectivity index (χ1v) is 6.91. The van der Waals surface area contributed by atoms with Crippen LogP contribution in [-0.2, 0) is 22.4 Å². The zero-order chi connectivity index (χ0) is 13.2. The number of hydrogen-bond acceptors (Lipinski definition) is 3. The number of carbonyl (C=O) groups is 2. The van der Waals surface area contributed by atoms with Crippen LogP contribution in [0.4, 0.5) is 0 Å². The van der Waals surface area contributed by atoms with E-state index in [4.69, 9.17) is 0 Å². The lowest BCUT2D eigenvalue weighted by atomic mass is 9.84. The van der Waals surface area contributed by atoms with Crippen molar-refractivity contribution < 1.29 is 9.59 Å². The van der Waals surface area contributed by atoms with Gasteiger partial charge >= 0.3 is 0 Å². The van der Waals surface area contributed by atoms with E-state index in [9.17, 15) is 9.59 Å². The molecule has 2 heterocycles. The van der Waals surface area contributed by atoms with Gasteiger partial charge in [-0.3, -0.25) is 14.9 Å². The van der Waals surface area contributed by atoms with E-state index in [0.717, 1.165) is 31.5 Å². The molecule has 4 heteroatoms. The lowest BCUT2D eigenvalue weighted by molar-refractivity contribution is -0.134.